The van der Waals surface area contributed by atoms with Crippen molar-refractivity contribution in [2.75, 3.05) is 0 Å². The highest BCUT2D eigenvalue weighted by Crippen LogP contribution is 2.15. The third-order valence-corrected chi connectivity index (χ3v) is 2.57. The van der Waals surface area contributed by atoms with E-state index in [0.29, 0.717) is 0 Å². The summed E-state index contributed by atoms with van der Waals surface area (Å²) in [7, 11) is -0.880. The van der Waals surface area contributed by atoms with E-state index >= 15 is 0 Å². The molecule has 3 fully saturated rings. The first-order valence-corrected chi connectivity index (χ1v) is 8.15. The van der Waals surface area contributed by atoms with Gasteiger partial charge in [-0.15, -0.1) is 0 Å². The van der Waals surface area contributed by atoms with E-state index in [1.165, 1.54) is 51.4 Å². The molecule has 2 aliphatic carbocycles. The van der Waals surface area contributed by atoms with Gasteiger partial charge in [0.25, 0.3) is 8.68 Å². The predicted molar refractivity (Wildman–Crippen MR) is 64.3 cm³/mol. The van der Waals surface area contributed by atoms with E-state index in [0.717, 1.165) is 12.1 Å². The molecule has 0 aromatic heterocycles. The van der Waals surface area contributed by atoms with Crippen molar-refractivity contribution >= 4 is 8.68 Å². The van der Waals surface area contributed by atoms with Crippen LogP contribution in [0.5, 0.6) is 0 Å². The second-order valence-corrected chi connectivity index (χ2v) is 6.24. The molecule has 14 heavy (non-hydrogen) atoms. The Morgan fingerprint density at radius 3 is 1.00 bits per heavy atom. The van der Waals surface area contributed by atoms with Crippen LogP contribution in [-0.4, -0.2) is 8.68 Å². The molecule has 1 heterocycles. The molecule has 0 bridgehead atoms. The van der Waals surface area contributed by atoms with E-state index < -0.39 is 8.68 Å². The second-order valence-electron chi connectivity index (χ2n) is 4.16. The van der Waals surface area contributed by atoms with Crippen LogP contribution in [0.2, 0.25) is 12.1 Å². The first-order valence-electron chi connectivity index (χ1n) is 6.33. The van der Waals surface area contributed by atoms with E-state index in [2.05, 4.69) is 13.8 Å². The van der Waals surface area contributed by atoms with Crippen LogP contribution in [0.25, 0.3) is 0 Å². The summed E-state index contributed by atoms with van der Waals surface area (Å²) in [5, 5.41) is 0. The lowest BCUT2D eigenvalue weighted by Gasteiger charge is -1.68. The van der Waals surface area contributed by atoms with Gasteiger partial charge < -0.3 is 4.46 Å². The fourth-order valence-corrected chi connectivity index (χ4v) is 0.459. The zero-order chi connectivity index (χ0) is 10.6. The first-order chi connectivity index (χ1) is 6.81. The van der Waals surface area contributed by atoms with Crippen molar-refractivity contribution < 1.29 is 4.46 Å². The van der Waals surface area contributed by atoms with Crippen LogP contribution >= 0.6 is 0 Å². The average molecular weight is 214 g/mol. The van der Waals surface area contributed by atoms with Gasteiger partial charge in [0.05, 0.1) is 0 Å². The molecule has 0 aromatic carbocycles. The zero-order valence-electron chi connectivity index (χ0n) is 9.98. The average Bonchev–Trinajstić information content (AvgIpc) is 3.08. The topological polar surface area (TPSA) is 17.1 Å². The Morgan fingerprint density at radius 1 is 0.786 bits per heavy atom. The number of hydrogen-bond donors (Lipinski definition) is 0. The van der Waals surface area contributed by atoms with E-state index in [1.54, 1.807) is 0 Å². The zero-order valence-corrected chi connectivity index (χ0v) is 11.0. The molecule has 3 aliphatic rings. The standard InChI is InChI=1S/C4H10.2C3H6.C2H4OSi/c1-3-4-2;2*1-2-3-1;3-4-1-2-4/h3-4H2,1-2H3;2*1-3H2;1-2H2. The molecule has 1 nitrogen and oxygen atoms in total. The van der Waals surface area contributed by atoms with Crippen molar-refractivity contribution in [1.82, 2.24) is 0 Å². The number of hydrogen-bond acceptors (Lipinski definition) is 1. The number of rotatable bonds is 1. The van der Waals surface area contributed by atoms with Crippen molar-refractivity contribution in [3.05, 3.63) is 0 Å². The van der Waals surface area contributed by atoms with Gasteiger partial charge in [-0.2, -0.15) is 0 Å². The molecule has 0 amide bonds. The van der Waals surface area contributed by atoms with Gasteiger partial charge >= 0.3 is 0 Å². The van der Waals surface area contributed by atoms with Gasteiger partial charge in [-0.1, -0.05) is 65.2 Å². The third kappa shape index (κ3) is 40.3. The lowest BCUT2D eigenvalue weighted by molar-refractivity contribution is 0.576. The molecule has 0 aromatic rings. The SMILES string of the molecule is C1CC1.C1CC1.CCCC.O=[Si]1CC1. The maximum atomic E-state index is 9.74. The van der Waals surface area contributed by atoms with Crippen LogP contribution in [-0.2, 0) is 4.46 Å². The Bertz CT molecular complexity index is 111. The van der Waals surface area contributed by atoms with Gasteiger partial charge in [0.1, 0.15) is 0 Å². The van der Waals surface area contributed by atoms with Crippen molar-refractivity contribution in [3.63, 3.8) is 0 Å². The summed E-state index contributed by atoms with van der Waals surface area (Å²) in [6, 6.07) is 2.06. The summed E-state index contributed by atoms with van der Waals surface area (Å²) in [6.07, 6.45) is 11.6. The van der Waals surface area contributed by atoms with Crippen LogP contribution in [0.3, 0.4) is 0 Å². The first kappa shape index (κ1) is 14.0. The molecule has 0 N–H and O–H groups in total. The van der Waals surface area contributed by atoms with Crippen molar-refractivity contribution in [2.24, 2.45) is 0 Å². The van der Waals surface area contributed by atoms with Crippen LogP contribution in [0.4, 0.5) is 0 Å². The molecule has 0 atom stereocenters. The highest BCUT2D eigenvalue weighted by atomic mass is 28.3. The summed E-state index contributed by atoms with van der Waals surface area (Å²) in [5.74, 6) is 0. The van der Waals surface area contributed by atoms with Gasteiger partial charge in [-0.05, 0) is 12.1 Å². The largest absolute Gasteiger partial charge is 0.388 e. The van der Waals surface area contributed by atoms with Crippen LogP contribution in [0, 0.1) is 0 Å². The second kappa shape index (κ2) is 11.1. The van der Waals surface area contributed by atoms with Crippen molar-refractivity contribution in [2.45, 2.75) is 77.3 Å². The quantitative estimate of drug-likeness (QED) is 0.584. The molecule has 0 spiro atoms. The molecule has 0 unspecified atom stereocenters. The predicted octanol–water partition coefficient (Wildman–Crippen LogP) is 4.57. The van der Waals surface area contributed by atoms with Crippen LogP contribution in [0.15, 0.2) is 0 Å². The van der Waals surface area contributed by atoms with Crippen LogP contribution < -0.4 is 0 Å². The Kier molecular flexibility index (Phi) is 11.1. The Labute approximate surface area is 91.0 Å². The molecule has 3 rings (SSSR count). The minimum absolute atomic E-state index is 0.880. The molecule has 2 saturated carbocycles. The molecular weight excluding hydrogens is 188 g/mol. The maximum Gasteiger partial charge on any atom is 0.276 e. The Morgan fingerprint density at radius 2 is 1.00 bits per heavy atom. The van der Waals surface area contributed by atoms with Crippen molar-refractivity contribution in [1.29, 1.82) is 0 Å². The summed E-state index contributed by atoms with van der Waals surface area (Å²) < 4.78 is 9.74. The van der Waals surface area contributed by atoms with E-state index in [-0.39, 0.29) is 0 Å². The van der Waals surface area contributed by atoms with Gasteiger partial charge in [0, 0.05) is 0 Å². The normalized spacial score (nSPS) is 18.6. The number of unbranched alkanes of at least 4 members (excludes halogenated alkanes) is 1. The summed E-state index contributed by atoms with van der Waals surface area (Å²) in [6.45, 7) is 4.36. The van der Waals surface area contributed by atoms with Gasteiger partial charge in [0.15, 0.2) is 0 Å². The molecule has 84 valence electrons. The smallest absolute Gasteiger partial charge is 0.276 e. The van der Waals surface area contributed by atoms with E-state index in [9.17, 15) is 4.46 Å². The minimum Gasteiger partial charge on any atom is -0.388 e. The van der Waals surface area contributed by atoms with Gasteiger partial charge in [0.2, 0.25) is 0 Å². The molecule has 1 aliphatic heterocycles. The maximum absolute atomic E-state index is 9.74. The van der Waals surface area contributed by atoms with Gasteiger partial charge in [-0.3, -0.25) is 0 Å². The fraction of sp³-hybridized carbons (Fsp3) is 1.00. The Balaban J connectivity index is 0.000000162. The monoisotopic (exact) mass is 214 g/mol. The lowest BCUT2D eigenvalue weighted by Crippen LogP contribution is -1.49. The summed E-state index contributed by atoms with van der Waals surface area (Å²) in [5.41, 5.74) is 0. The van der Waals surface area contributed by atoms with Crippen LogP contribution in [0.1, 0.15) is 65.2 Å². The van der Waals surface area contributed by atoms with E-state index in [4.69, 9.17) is 0 Å². The molecule has 0 radical (unpaired) electrons. The molecule has 1 saturated heterocycles. The molecular formula is C12H26OSi. The Hall–Kier alpha value is 0.0169. The highest BCUT2D eigenvalue weighted by molar-refractivity contribution is 6.54. The lowest BCUT2D eigenvalue weighted by atomic mass is 10.4. The molecule has 2 heteroatoms. The van der Waals surface area contributed by atoms with Crippen molar-refractivity contribution in [3.8, 4) is 0 Å². The summed E-state index contributed by atoms with van der Waals surface area (Å²) >= 11 is 0. The third-order valence-electron chi connectivity index (χ3n) is 1.66. The van der Waals surface area contributed by atoms with E-state index in [1.807, 2.05) is 0 Å². The highest BCUT2D eigenvalue weighted by Gasteiger charge is 2.17. The minimum atomic E-state index is -0.880. The van der Waals surface area contributed by atoms with Gasteiger partial charge in [-0.25, -0.2) is 0 Å². The summed E-state index contributed by atoms with van der Waals surface area (Å²) in [4.78, 5) is 0. The fourth-order valence-electron chi connectivity index (χ4n) is 0.0510.